The highest BCUT2D eigenvalue weighted by atomic mass is 16.7. The molecule has 93 heavy (non-hydrogen) atoms. The summed E-state index contributed by atoms with van der Waals surface area (Å²) in [5, 5.41) is 9.76. The van der Waals surface area contributed by atoms with Gasteiger partial charge in [-0.1, -0.05) is 312 Å². The molecule has 0 fully saturated rings. The van der Waals surface area contributed by atoms with E-state index in [4.69, 9.17) is 18.9 Å². The quantitative estimate of drug-likeness (QED) is 0.0211. The summed E-state index contributed by atoms with van der Waals surface area (Å²) < 4.78 is 23.0. The minimum Gasteiger partial charge on any atom is -0.477 e. The zero-order chi connectivity index (χ0) is 67.5. The van der Waals surface area contributed by atoms with Crippen molar-refractivity contribution >= 4 is 17.9 Å². The van der Waals surface area contributed by atoms with Crippen LogP contribution in [0.3, 0.4) is 0 Å². The van der Waals surface area contributed by atoms with Crippen molar-refractivity contribution in [2.24, 2.45) is 0 Å². The van der Waals surface area contributed by atoms with Gasteiger partial charge in [-0.25, -0.2) is 4.79 Å². The number of aliphatic carboxylic acids is 1. The van der Waals surface area contributed by atoms with Crippen LogP contribution in [0.15, 0.2) is 170 Å². The minimum absolute atomic E-state index is 0.178. The summed E-state index contributed by atoms with van der Waals surface area (Å²) in [6.07, 6.45) is 106. The molecule has 0 spiro atoms. The second-order valence-corrected chi connectivity index (χ2v) is 25.5. The number of hydrogen-bond acceptors (Lipinski definition) is 7. The van der Waals surface area contributed by atoms with E-state index < -0.39 is 24.3 Å². The van der Waals surface area contributed by atoms with Gasteiger partial charge in [0.2, 0.25) is 0 Å². The van der Waals surface area contributed by atoms with Crippen LogP contribution in [0.2, 0.25) is 0 Å². The van der Waals surface area contributed by atoms with E-state index in [0.717, 1.165) is 141 Å². The van der Waals surface area contributed by atoms with Crippen LogP contribution in [0.25, 0.3) is 0 Å². The average Bonchev–Trinajstić information content (AvgIpc) is 3.38. The van der Waals surface area contributed by atoms with Gasteiger partial charge in [0.1, 0.15) is 13.2 Å². The Morgan fingerprint density at radius 3 is 0.860 bits per heavy atom. The molecule has 9 nitrogen and oxygen atoms in total. The Morgan fingerprint density at radius 2 is 0.581 bits per heavy atom. The minimum atomic E-state index is -1.52. The third-order valence-electron chi connectivity index (χ3n) is 15.5. The SMILES string of the molecule is CC/C=C\C/C=C\C/C=C\C/C=C\C/C=C\C/C=C\C/C=C\CCCCCCCCCCCCCCCCCCCC(=O)OC(COC(=O)CCCCCCCCC/C=C\C/C=C\C/C=C\C/C=C\C/C=C\C/C=C\C/C=C\CC)COC(OCC[N+](C)(C)C)C(=O)O. The summed E-state index contributed by atoms with van der Waals surface area (Å²) >= 11 is 0. The van der Waals surface area contributed by atoms with Crippen molar-refractivity contribution in [2.75, 3.05) is 47.5 Å². The molecule has 0 aromatic heterocycles. The van der Waals surface area contributed by atoms with Crippen LogP contribution < -0.4 is 0 Å². The van der Waals surface area contributed by atoms with E-state index in [-0.39, 0.29) is 38.6 Å². The summed E-state index contributed by atoms with van der Waals surface area (Å²) in [6.45, 7) is 4.64. The van der Waals surface area contributed by atoms with Gasteiger partial charge in [-0.3, -0.25) is 9.59 Å². The van der Waals surface area contributed by atoms with E-state index in [1.807, 2.05) is 21.1 Å². The van der Waals surface area contributed by atoms with E-state index >= 15 is 0 Å². The van der Waals surface area contributed by atoms with Crippen molar-refractivity contribution in [3.63, 3.8) is 0 Å². The molecule has 1 N–H and O–H groups in total. The standard InChI is InChI=1S/C84H137NO8/c1-6-8-10-12-14-16-18-20-22-24-26-28-30-32-34-36-37-38-39-40-41-42-43-44-45-47-49-51-53-55-57-59-61-63-65-67-69-71-73-75-82(87)93-80(79-92-84(83(88)89)90-77-76-85(3,4)5)78-91-81(86)74-72-70-68-66-64-62-60-58-56-54-52-50-48-46-35-33-31-29-27-25-23-21-19-17-15-13-11-9-7-2/h8-11,14-17,20-23,26-29,32-35,37-38,40-41,48,50,54,56,80,84H,6-7,12-13,18-19,24-25,30-31,36,39,42-47,49,51-53,55,57-79H2,1-5H3/p+1/b10-8-,11-9-,16-14-,17-15-,22-20-,23-21-,28-26-,29-27-,34-32-,35-33-,38-37-,41-40-,50-48-,56-54-. The molecule has 2 atom stereocenters. The normalized spacial score (nSPS) is 13.7. The summed E-state index contributed by atoms with van der Waals surface area (Å²) in [4.78, 5) is 37.7. The summed E-state index contributed by atoms with van der Waals surface area (Å²) in [7, 11) is 5.97. The number of carboxylic acid groups (broad SMARTS) is 1. The van der Waals surface area contributed by atoms with Crippen molar-refractivity contribution < 1.29 is 42.9 Å². The Kier molecular flexibility index (Phi) is 68.3. The number of unbranched alkanes of at least 4 members (excludes halogenated alkanes) is 24. The van der Waals surface area contributed by atoms with E-state index in [0.29, 0.717) is 17.4 Å². The summed E-state index contributed by atoms with van der Waals surface area (Å²) in [5.41, 5.74) is 0. The fraction of sp³-hybridized carbons (Fsp3) is 0.631. The number of hydrogen-bond donors (Lipinski definition) is 1. The fourth-order valence-corrected chi connectivity index (χ4v) is 9.86. The second-order valence-electron chi connectivity index (χ2n) is 25.5. The van der Waals surface area contributed by atoms with Crippen LogP contribution in [0, 0.1) is 0 Å². The molecule has 0 aromatic rings. The topological polar surface area (TPSA) is 108 Å². The van der Waals surface area contributed by atoms with Crippen molar-refractivity contribution in [3.8, 4) is 0 Å². The van der Waals surface area contributed by atoms with Gasteiger partial charge in [-0.15, -0.1) is 0 Å². The molecule has 0 heterocycles. The van der Waals surface area contributed by atoms with E-state index in [1.165, 1.54) is 109 Å². The molecule has 526 valence electrons. The second kappa shape index (κ2) is 72.5. The predicted molar refractivity (Wildman–Crippen MR) is 400 cm³/mol. The molecule has 0 rings (SSSR count). The number of carbonyl (C=O) groups is 3. The maximum absolute atomic E-state index is 13.0. The van der Waals surface area contributed by atoms with Crippen molar-refractivity contribution in [1.82, 2.24) is 0 Å². The number of allylic oxidation sites excluding steroid dienone is 28. The molecule has 0 aliphatic carbocycles. The van der Waals surface area contributed by atoms with Crippen LogP contribution in [-0.4, -0.2) is 87.4 Å². The van der Waals surface area contributed by atoms with Gasteiger partial charge < -0.3 is 28.5 Å². The molecule has 0 saturated heterocycles. The lowest BCUT2D eigenvalue weighted by Gasteiger charge is -2.25. The van der Waals surface area contributed by atoms with E-state index in [2.05, 4.69) is 184 Å². The van der Waals surface area contributed by atoms with E-state index in [1.54, 1.807) is 0 Å². The zero-order valence-corrected chi connectivity index (χ0v) is 60.1. The molecule has 0 aromatic carbocycles. The maximum Gasteiger partial charge on any atom is 0.361 e. The smallest absolute Gasteiger partial charge is 0.361 e. The highest BCUT2D eigenvalue weighted by molar-refractivity contribution is 5.71. The van der Waals surface area contributed by atoms with Crippen LogP contribution in [0.1, 0.15) is 284 Å². The van der Waals surface area contributed by atoms with Crippen LogP contribution in [0.4, 0.5) is 0 Å². The third kappa shape index (κ3) is 73.9. The van der Waals surface area contributed by atoms with Crippen LogP contribution in [0.5, 0.6) is 0 Å². The molecular weight excluding hydrogens is 1150 g/mol. The molecular formula is C84H138NO8+. The van der Waals surface area contributed by atoms with Gasteiger partial charge in [0.15, 0.2) is 6.10 Å². The first-order chi connectivity index (χ1) is 45.6. The lowest BCUT2D eigenvalue weighted by Crippen LogP contribution is -2.40. The Balaban J connectivity index is 4.12. The Morgan fingerprint density at radius 1 is 0.323 bits per heavy atom. The molecule has 0 radical (unpaired) electrons. The van der Waals surface area contributed by atoms with E-state index in [9.17, 15) is 19.5 Å². The fourth-order valence-electron chi connectivity index (χ4n) is 9.86. The lowest BCUT2D eigenvalue weighted by molar-refractivity contribution is -0.870. The zero-order valence-electron chi connectivity index (χ0n) is 60.1. The van der Waals surface area contributed by atoms with Crippen molar-refractivity contribution in [2.45, 2.75) is 296 Å². The lowest BCUT2D eigenvalue weighted by atomic mass is 10.0. The van der Waals surface area contributed by atoms with Gasteiger partial charge in [0.05, 0.1) is 34.4 Å². The summed E-state index contributed by atoms with van der Waals surface area (Å²) in [6, 6.07) is 0. The Labute approximate surface area is 571 Å². The number of carboxylic acids is 1. The third-order valence-corrected chi connectivity index (χ3v) is 15.5. The number of carbonyl (C=O) groups excluding carboxylic acids is 2. The Hall–Kier alpha value is -5.35. The van der Waals surface area contributed by atoms with Crippen LogP contribution in [-0.2, 0) is 33.3 Å². The number of likely N-dealkylation sites (N-methyl/N-ethyl adjacent to an activating group) is 1. The largest absolute Gasteiger partial charge is 0.477 e. The first-order valence-corrected chi connectivity index (χ1v) is 37.3. The van der Waals surface area contributed by atoms with Gasteiger partial charge in [-0.05, 0) is 128 Å². The van der Waals surface area contributed by atoms with Crippen LogP contribution >= 0.6 is 0 Å². The first-order valence-electron chi connectivity index (χ1n) is 37.3. The van der Waals surface area contributed by atoms with Gasteiger partial charge in [0.25, 0.3) is 6.29 Å². The molecule has 0 aliphatic rings. The molecule has 0 aliphatic heterocycles. The van der Waals surface area contributed by atoms with Gasteiger partial charge in [0, 0.05) is 12.8 Å². The number of esters is 2. The number of ether oxygens (including phenoxy) is 4. The summed E-state index contributed by atoms with van der Waals surface area (Å²) in [5.74, 6) is -2.03. The first kappa shape index (κ1) is 87.7. The maximum atomic E-state index is 13.0. The molecule has 0 amide bonds. The molecule has 0 bridgehead atoms. The number of nitrogens with zero attached hydrogens (tertiary/aromatic N) is 1. The van der Waals surface area contributed by atoms with Crippen molar-refractivity contribution in [3.05, 3.63) is 170 Å². The van der Waals surface area contributed by atoms with Gasteiger partial charge >= 0.3 is 17.9 Å². The molecule has 9 heteroatoms. The Bertz CT molecular complexity index is 2140. The predicted octanol–water partition coefficient (Wildman–Crippen LogP) is 23.8. The molecule has 2 unspecified atom stereocenters. The highest BCUT2D eigenvalue weighted by Crippen LogP contribution is 2.17. The monoisotopic (exact) mass is 1290 g/mol. The highest BCUT2D eigenvalue weighted by Gasteiger charge is 2.25. The van der Waals surface area contributed by atoms with Gasteiger partial charge in [-0.2, -0.15) is 0 Å². The average molecular weight is 1290 g/mol. The number of quaternary nitrogens is 1. The number of rotatable bonds is 67. The molecule has 0 saturated carbocycles. The van der Waals surface area contributed by atoms with Crippen molar-refractivity contribution in [1.29, 1.82) is 0 Å².